The molecule has 0 aromatic carbocycles. The molecule has 0 aliphatic carbocycles. The van der Waals surface area contributed by atoms with Gasteiger partial charge in [0.15, 0.2) is 0 Å². The molecule has 1 saturated heterocycles. The first kappa shape index (κ1) is 15.5. The Kier molecular flexibility index (Phi) is 5.79. The summed E-state index contributed by atoms with van der Waals surface area (Å²) in [5.74, 6) is -1.55. The highest BCUT2D eigenvalue weighted by molar-refractivity contribution is 5.85. The number of aliphatic carboxylic acids is 1. The number of piperidine rings is 1. The average molecular weight is 270 g/mol. The molecular weight excluding hydrogens is 248 g/mol. The van der Waals surface area contributed by atoms with E-state index in [1.54, 1.807) is 4.90 Å². The summed E-state index contributed by atoms with van der Waals surface area (Å²) in [6.07, 6.45) is 2.78. The van der Waals surface area contributed by atoms with E-state index in [-0.39, 0.29) is 17.7 Å². The maximum atomic E-state index is 11.9. The van der Waals surface area contributed by atoms with Crippen LogP contribution in [0.4, 0.5) is 0 Å². The minimum atomic E-state index is -1.05. The Labute approximate surface area is 113 Å². The van der Waals surface area contributed by atoms with Crippen molar-refractivity contribution in [1.82, 2.24) is 10.2 Å². The van der Waals surface area contributed by atoms with E-state index in [1.165, 1.54) is 6.92 Å². The summed E-state index contributed by atoms with van der Waals surface area (Å²) in [5, 5.41) is 11.2. The molecule has 2 atom stereocenters. The summed E-state index contributed by atoms with van der Waals surface area (Å²) in [6.45, 7) is 4.47. The van der Waals surface area contributed by atoms with Crippen molar-refractivity contribution >= 4 is 17.8 Å². The number of carbonyl (C=O) groups excluding carboxylic acids is 2. The van der Waals surface area contributed by atoms with Gasteiger partial charge in [-0.3, -0.25) is 14.4 Å². The van der Waals surface area contributed by atoms with Crippen molar-refractivity contribution in [3.63, 3.8) is 0 Å². The van der Waals surface area contributed by atoms with Gasteiger partial charge in [-0.25, -0.2) is 0 Å². The fourth-order valence-corrected chi connectivity index (χ4v) is 2.18. The molecule has 0 radical (unpaired) electrons. The zero-order chi connectivity index (χ0) is 14.4. The number of carboxylic acids is 1. The molecule has 1 rings (SSSR count). The molecule has 0 spiro atoms. The molecule has 19 heavy (non-hydrogen) atoms. The quantitative estimate of drug-likeness (QED) is 0.766. The average Bonchev–Trinajstić information content (AvgIpc) is 2.39. The van der Waals surface area contributed by atoms with Crippen LogP contribution in [0, 0.1) is 5.92 Å². The molecule has 1 fully saturated rings. The van der Waals surface area contributed by atoms with Crippen LogP contribution in [0.2, 0.25) is 0 Å². The van der Waals surface area contributed by atoms with E-state index >= 15 is 0 Å². The van der Waals surface area contributed by atoms with Crippen LogP contribution in [-0.4, -0.2) is 46.9 Å². The van der Waals surface area contributed by atoms with Crippen LogP contribution in [0.25, 0.3) is 0 Å². The monoisotopic (exact) mass is 270 g/mol. The lowest BCUT2D eigenvalue weighted by Crippen LogP contribution is -2.48. The predicted octanol–water partition coefficient (Wildman–Crippen LogP) is 0.614. The molecule has 2 amide bonds. The number of carbonyl (C=O) groups is 3. The molecule has 2 N–H and O–H groups in total. The van der Waals surface area contributed by atoms with Gasteiger partial charge in [0, 0.05) is 19.5 Å². The van der Waals surface area contributed by atoms with Crippen LogP contribution in [0.15, 0.2) is 0 Å². The van der Waals surface area contributed by atoms with Crippen molar-refractivity contribution < 1.29 is 19.5 Å². The molecule has 0 aromatic heterocycles. The van der Waals surface area contributed by atoms with Gasteiger partial charge in [-0.15, -0.1) is 0 Å². The van der Waals surface area contributed by atoms with Gasteiger partial charge in [-0.2, -0.15) is 0 Å². The van der Waals surface area contributed by atoms with E-state index in [9.17, 15) is 14.4 Å². The summed E-state index contributed by atoms with van der Waals surface area (Å²) in [5.41, 5.74) is 0. The Morgan fingerprint density at radius 1 is 1.42 bits per heavy atom. The highest BCUT2D eigenvalue weighted by Crippen LogP contribution is 2.18. The van der Waals surface area contributed by atoms with Crippen molar-refractivity contribution in [1.29, 1.82) is 0 Å². The number of hydrogen-bond acceptors (Lipinski definition) is 3. The third kappa shape index (κ3) is 4.54. The molecule has 1 aliphatic rings. The Morgan fingerprint density at radius 3 is 2.68 bits per heavy atom. The van der Waals surface area contributed by atoms with Gasteiger partial charge in [0.2, 0.25) is 11.8 Å². The van der Waals surface area contributed by atoms with Gasteiger partial charge < -0.3 is 15.3 Å². The summed E-state index contributed by atoms with van der Waals surface area (Å²) in [4.78, 5) is 36.1. The number of rotatable bonds is 5. The molecule has 108 valence electrons. The number of carboxylic acid groups (broad SMARTS) is 1. The van der Waals surface area contributed by atoms with Gasteiger partial charge in [0.05, 0.1) is 5.92 Å². The molecule has 0 bridgehead atoms. The lowest BCUT2D eigenvalue weighted by molar-refractivity contribution is -0.143. The smallest absolute Gasteiger partial charge is 0.325 e. The maximum Gasteiger partial charge on any atom is 0.325 e. The molecule has 1 aliphatic heterocycles. The van der Waals surface area contributed by atoms with Crippen molar-refractivity contribution in [2.45, 2.75) is 45.6 Å². The number of likely N-dealkylation sites (tertiary alicyclic amines) is 1. The number of nitrogens with zero attached hydrogens (tertiary/aromatic N) is 1. The predicted molar refractivity (Wildman–Crippen MR) is 69.5 cm³/mol. The first-order valence-electron chi connectivity index (χ1n) is 6.76. The summed E-state index contributed by atoms with van der Waals surface area (Å²) in [7, 11) is 0. The van der Waals surface area contributed by atoms with E-state index < -0.39 is 12.0 Å². The Hall–Kier alpha value is -1.59. The third-order valence-electron chi connectivity index (χ3n) is 3.34. The van der Waals surface area contributed by atoms with E-state index in [0.717, 1.165) is 12.8 Å². The fourth-order valence-electron chi connectivity index (χ4n) is 2.18. The van der Waals surface area contributed by atoms with Crippen molar-refractivity contribution in [2.24, 2.45) is 5.92 Å². The fraction of sp³-hybridized carbons (Fsp3) is 0.769. The molecule has 1 heterocycles. The third-order valence-corrected chi connectivity index (χ3v) is 3.34. The van der Waals surface area contributed by atoms with Crippen LogP contribution >= 0.6 is 0 Å². The van der Waals surface area contributed by atoms with E-state index in [0.29, 0.717) is 25.9 Å². The minimum absolute atomic E-state index is 0.0753. The SMILES string of the molecule is CCCC(=O)N1CCCC(C(=O)NC(C)C(=O)O)C1. The van der Waals surface area contributed by atoms with Crippen LogP contribution < -0.4 is 5.32 Å². The molecule has 6 heteroatoms. The van der Waals surface area contributed by atoms with Gasteiger partial charge in [0.25, 0.3) is 0 Å². The zero-order valence-electron chi connectivity index (χ0n) is 11.5. The lowest BCUT2D eigenvalue weighted by Gasteiger charge is -2.32. The van der Waals surface area contributed by atoms with E-state index in [1.807, 2.05) is 6.92 Å². The standard InChI is InChI=1S/C13H22N2O4/c1-3-5-11(16)15-7-4-6-10(8-15)12(17)14-9(2)13(18)19/h9-10H,3-8H2,1-2H3,(H,14,17)(H,18,19). The second-order valence-corrected chi connectivity index (χ2v) is 5.00. The molecule has 6 nitrogen and oxygen atoms in total. The molecular formula is C13H22N2O4. The zero-order valence-corrected chi connectivity index (χ0v) is 11.5. The van der Waals surface area contributed by atoms with Gasteiger partial charge in [-0.05, 0) is 26.2 Å². The first-order chi connectivity index (χ1) is 8.95. The normalized spacial score (nSPS) is 20.7. The van der Waals surface area contributed by atoms with Crippen molar-refractivity contribution in [3.8, 4) is 0 Å². The maximum absolute atomic E-state index is 11.9. The van der Waals surface area contributed by atoms with Crippen LogP contribution in [0.5, 0.6) is 0 Å². The number of hydrogen-bond donors (Lipinski definition) is 2. The second-order valence-electron chi connectivity index (χ2n) is 5.00. The molecule has 0 aromatic rings. The molecule has 2 unspecified atom stereocenters. The van der Waals surface area contributed by atoms with Crippen molar-refractivity contribution in [3.05, 3.63) is 0 Å². The highest BCUT2D eigenvalue weighted by atomic mass is 16.4. The van der Waals surface area contributed by atoms with Gasteiger partial charge in [0.1, 0.15) is 6.04 Å². The van der Waals surface area contributed by atoms with Crippen LogP contribution in [0.3, 0.4) is 0 Å². The Bertz CT molecular complexity index is 357. The van der Waals surface area contributed by atoms with E-state index in [4.69, 9.17) is 5.11 Å². The summed E-state index contributed by atoms with van der Waals surface area (Å²) >= 11 is 0. The van der Waals surface area contributed by atoms with Gasteiger partial charge >= 0.3 is 5.97 Å². The summed E-state index contributed by atoms with van der Waals surface area (Å²) < 4.78 is 0. The van der Waals surface area contributed by atoms with Crippen molar-refractivity contribution in [2.75, 3.05) is 13.1 Å². The Morgan fingerprint density at radius 2 is 2.11 bits per heavy atom. The topological polar surface area (TPSA) is 86.7 Å². The molecule has 0 saturated carbocycles. The first-order valence-corrected chi connectivity index (χ1v) is 6.76. The largest absolute Gasteiger partial charge is 0.480 e. The second kappa shape index (κ2) is 7.11. The van der Waals surface area contributed by atoms with E-state index in [2.05, 4.69) is 5.32 Å². The van der Waals surface area contributed by atoms with Crippen LogP contribution in [-0.2, 0) is 14.4 Å². The Balaban J connectivity index is 2.52. The van der Waals surface area contributed by atoms with Gasteiger partial charge in [-0.1, -0.05) is 6.92 Å². The lowest BCUT2D eigenvalue weighted by atomic mass is 9.96. The summed E-state index contributed by atoms with van der Waals surface area (Å²) in [6, 6.07) is -0.894. The van der Waals surface area contributed by atoms with Crippen LogP contribution in [0.1, 0.15) is 39.5 Å². The number of amides is 2. The number of nitrogens with one attached hydrogen (secondary N) is 1. The minimum Gasteiger partial charge on any atom is -0.480 e. The highest BCUT2D eigenvalue weighted by Gasteiger charge is 2.29.